The van der Waals surface area contributed by atoms with Crippen molar-refractivity contribution < 1.29 is 39.3 Å². The third kappa shape index (κ3) is 7.45. The molecule has 9 N–H and O–H groups in total. The number of carboxylic acids is 1. The number of carbonyl (C=O) groups excluding carboxylic acids is 4. The lowest BCUT2D eigenvalue weighted by atomic mass is 10.1. The number of hydrogen-bond donors (Lipinski definition) is 7. The van der Waals surface area contributed by atoms with Crippen LogP contribution in [0.25, 0.3) is 0 Å². The predicted molar refractivity (Wildman–Crippen MR) is 106 cm³/mol. The third-order valence-corrected chi connectivity index (χ3v) is 5.00. The number of nitrogens with two attached hydrogens (primary N) is 2. The first-order valence-electron chi connectivity index (χ1n) is 9.90. The van der Waals surface area contributed by atoms with E-state index in [1.54, 1.807) is 0 Å². The van der Waals surface area contributed by atoms with Crippen molar-refractivity contribution in [2.45, 2.75) is 75.9 Å². The van der Waals surface area contributed by atoms with Gasteiger partial charge in [0.2, 0.25) is 23.6 Å². The molecule has 0 spiro atoms. The van der Waals surface area contributed by atoms with Crippen molar-refractivity contribution in [2.24, 2.45) is 11.5 Å². The Labute approximate surface area is 179 Å². The summed E-state index contributed by atoms with van der Waals surface area (Å²) < 4.78 is 0. The fourth-order valence-electron chi connectivity index (χ4n) is 3.15. The summed E-state index contributed by atoms with van der Waals surface area (Å²) in [6, 6.07) is -5.24. The molecule has 1 rings (SSSR count). The molecule has 176 valence electrons. The summed E-state index contributed by atoms with van der Waals surface area (Å²) in [4.78, 5) is 61.3. The van der Waals surface area contributed by atoms with E-state index in [0.717, 1.165) is 4.90 Å². The fourth-order valence-corrected chi connectivity index (χ4v) is 3.15. The van der Waals surface area contributed by atoms with Crippen molar-refractivity contribution in [1.82, 2.24) is 15.5 Å². The van der Waals surface area contributed by atoms with E-state index in [1.165, 1.54) is 13.8 Å². The lowest BCUT2D eigenvalue weighted by Crippen LogP contribution is -2.60. The highest BCUT2D eigenvalue weighted by atomic mass is 16.4. The molecular weight excluding hydrogens is 414 g/mol. The molecule has 1 saturated heterocycles. The van der Waals surface area contributed by atoms with E-state index < -0.39 is 66.0 Å². The maximum Gasteiger partial charge on any atom is 0.326 e. The van der Waals surface area contributed by atoms with E-state index in [9.17, 15) is 39.3 Å². The number of likely N-dealkylation sites (tertiary alicyclic amines) is 1. The number of aliphatic carboxylic acids is 1. The summed E-state index contributed by atoms with van der Waals surface area (Å²) in [7, 11) is 0. The topological polar surface area (TPSA) is 225 Å². The molecular formula is C18H31N5O8. The molecule has 4 amide bonds. The quantitative estimate of drug-likeness (QED) is 0.166. The molecule has 0 aromatic heterocycles. The number of nitrogens with one attached hydrogen (secondary N) is 2. The number of primary amides is 1. The highest BCUT2D eigenvalue weighted by Gasteiger charge is 2.40. The second-order valence-corrected chi connectivity index (χ2v) is 7.59. The Morgan fingerprint density at radius 1 is 1.06 bits per heavy atom. The molecule has 1 aliphatic rings. The second kappa shape index (κ2) is 11.6. The number of aliphatic hydroxyl groups is 2. The van der Waals surface area contributed by atoms with Crippen LogP contribution in [0.1, 0.15) is 39.5 Å². The van der Waals surface area contributed by atoms with Crippen molar-refractivity contribution in [1.29, 1.82) is 0 Å². The first-order valence-corrected chi connectivity index (χ1v) is 9.90. The van der Waals surface area contributed by atoms with Gasteiger partial charge in [0.05, 0.1) is 12.2 Å². The molecule has 1 heterocycles. The minimum absolute atomic E-state index is 0.153. The predicted octanol–water partition coefficient (Wildman–Crippen LogP) is -3.61. The minimum Gasteiger partial charge on any atom is -0.480 e. The van der Waals surface area contributed by atoms with Crippen molar-refractivity contribution in [2.75, 3.05) is 6.54 Å². The summed E-state index contributed by atoms with van der Waals surface area (Å²) in [5.74, 6) is -4.49. The number of carbonyl (C=O) groups is 5. The van der Waals surface area contributed by atoms with Crippen LogP contribution >= 0.6 is 0 Å². The molecule has 0 aromatic carbocycles. The minimum atomic E-state index is -1.48. The van der Waals surface area contributed by atoms with E-state index in [-0.39, 0.29) is 25.8 Å². The zero-order chi connectivity index (χ0) is 23.9. The number of nitrogens with zero attached hydrogens (tertiary/aromatic N) is 1. The van der Waals surface area contributed by atoms with Crippen LogP contribution in [0, 0.1) is 0 Å². The average molecular weight is 445 g/mol. The van der Waals surface area contributed by atoms with Crippen molar-refractivity contribution in [3.8, 4) is 0 Å². The first kappa shape index (κ1) is 26.3. The lowest BCUT2D eigenvalue weighted by Gasteiger charge is -2.30. The molecule has 6 unspecified atom stereocenters. The van der Waals surface area contributed by atoms with Gasteiger partial charge in [0.1, 0.15) is 24.2 Å². The van der Waals surface area contributed by atoms with Crippen LogP contribution in [0.15, 0.2) is 0 Å². The highest BCUT2D eigenvalue weighted by molar-refractivity contribution is 5.94. The molecule has 0 radical (unpaired) electrons. The largest absolute Gasteiger partial charge is 0.480 e. The Balaban J connectivity index is 2.99. The summed E-state index contributed by atoms with van der Waals surface area (Å²) in [5.41, 5.74) is 10.6. The van der Waals surface area contributed by atoms with Gasteiger partial charge in [0.25, 0.3) is 0 Å². The number of aliphatic hydroxyl groups excluding tert-OH is 2. The van der Waals surface area contributed by atoms with E-state index in [1.807, 2.05) is 0 Å². The van der Waals surface area contributed by atoms with Crippen LogP contribution in [0.5, 0.6) is 0 Å². The first-order chi connectivity index (χ1) is 14.4. The average Bonchev–Trinajstić information content (AvgIpc) is 3.17. The molecule has 31 heavy (non-hydrogen) atoms. The van der Waals surface area contributed by atoms with Crippen LogP contribution in [0.4, 0.5) is 0 Å². The van der Waals surface area contributed by atoms with Gasteiger partial charge in [-0.15, -0.1) is 0 Å². The number of carboxylic acid groups (broad SMARTS) is 1. The number of hydrogen-bond acceptors (Lipinski definition) is 8. The molecule has 13 nitrogen and oxygen atoms in total. The van der Waals surface area contributed by atoms with Gasteiger partial charge in [0, 0.05) is 13.0 Å². The molecule has 1 aliphatic heterocycles. The summed E-state index contributed by atoms with van der Waals surface area (Å²) in [6.07, 6.45) is -2.38. The fraction of sp³-hybridized carbons (Fsp3) is 0.722. The van der Waals surface area contributed by atoms with Gasteiger partial charge < -0.3 is 42.3 Å². The van der Waals surface area contributed by atoms with Gasteiger partial charge in [-0.1, -0.05) is 0 Å². The monoisotopic (exact) mass is 445 g/mol. The van der Waals surface area contributed by atoms with Gasteiger partial charge in [-0.25, -0.2) is 4.79 Å². The molecule has 13 heteroatoms. The number of amides is 4. The van der Waals surface area contributed by atoms with Crippen LogP contribution in [0.2, 0.25) is 0 Å². The van der Waals surface area contributed by atoms with Crippen LogP contribution in [0.3, 0.4) is 0 Å². The van der Waals surface area contributed by atoms with E-state index in [2.05, 4.69) is 10.6 Å². The van der Waals surface area contributed by atoms with Gasteiger partial charge in [-0.2, -0.15) is 0 Å². The molecule has 0 bridgehead atoms. The van der Waals surface area contributed by atoms with Crippen molar-refractivity contribution in [3.05, 3.63) is 0 Å². The lowest BCUT2D eigenvalue weighted by molar-refractivity contribution is -0.150. The zero-order valence-electron chi connectivity index (χ0n) is 17.5. The highest BCUT2D eigenvalue weighted by Crippen LogP contribution is 2.19. The van der Waals surface area contributed by atoms with Crippen LogP contribution < -0.4 is 22.1 Å². The molecule has 1 fully saturated rings. The standard InChI is InChI=1S/C18H31N5O8/c1-8(24)13(20)16(28)21-10(5-6-12(19)26)15(27)22-14(9(2)25)17(29)23-7-3-4-11(23)18(30)31/h8-11,13-14,24-25H,3-7,20H2,1-2H3,(H2,19,26)(H,21,28)(H,22,27)(H,30,31). The summed E-state index contributed by atoms with van der Waals surface area (Å²) in [5, 5.41) is 33.4. The van der Waals surface area contributed by atoms with E-state index in [4.69, 9.17) is 11.5 Å². The van der Waals surface area contributed by atoms with Crippen LogP contribution in [-0.4, -0.2) is 92.7 Å². The van der Waals surface area contributed by atoms with Gasteiger partial charge >= 0.3 is 5.97 Å². The number of rotatable bonds is 11. The Bertz CT molecular complexity index is 698. The Kier molecular flexibility index (Phi) is 9.81. The normalized spacial score (nSPS) is 20.8. The summed E-state index contributed by atoms with van der Waals surface area (Å²) in [6.45, 7) is 2.68. The molecule has 0 aliphatic carbocycles. The van der Waals surface area contributed by atoms with Gasteiger partial charge in [-0.05, 0) is 33.1 Å². The Morgan fingerprint density at radius 2 is 1.68 bits per heavy atom. The van der Waals surface area contributed by atoms with E-state index >= 15 is 0 Å². The Morgan fingerprint density at radius 3 is 2.16 bits per heavy atom. The Hall–Kier alpha value is -2.77. The van der Waals surface area contributed by atoms with Crippen molar-refractivity contribution in [3.63, 3.8) is 0 Å². The maximum atomic E-state index is 12.8. The van der Waals surface area contributed by atoms with Gasteiger partial charge in [-0.3, -0.25) is 19.2 Å². The van der Waals surface area contributed by atoms with Crippen LogP contribution in [-0.2, 0) is 24.0 Å². The van der Waals surface area contributed by atoms with Gasteiger partial charge in [0.15, 0.2) is 0 Å². The molecule has 0 aromatic rings. The molecule has 6 atom stereocenters. The smallest absolute Gasteiger partial charge is 0.326 e. The third-order valence-electron chi connectivity index (χ3n) is 5.00. The SMILES string of the molecule is CC(O)C(N)C(=O)NC(CCC(N)=O)C(=O)NC(C(=O)N1CCCC1C(=O)O)C(C)O. The summed E-state index contributed by atoms with van der Waals surface area (Å²) >= 11 is 0. The van der Waals surface area contributed by atoms with E-state index in [0.29, 0.717) is 6.42 Å². The maximum absolute atomic E-state index is 12.8. The van der Waals surface area contributed by atoms with Crippen molar-refractivity contribution >= 4 is 29.6 Å². The second-order valence-electron chi connectivity index (χ2n) is 7.59. The zero-order valence-corrected chi connectivity index (χ0v) is 17.5. The molecule has 0 saturated carbocycles.